The molecule has 2 aliphatic rings. The Kier molecular flexibility index (Phi) is 9.26. The summed E-state index contributed by atoms with van der Waals surface area (Å²) in [6.45, 7) is 4.10. The monoisotopic (exact) mass is 590 g/mol. The lowest BCUT2D eigenvalue weighted by molar-refractivity contribution is -0.117. The summed E-state index contributed by atoms with van der Waals surface area (Å²) in [5.74, 6) is 0.00786. The fraction of sp³-hybridized carbons (Fsp3) is 0.519. The van der Waals surface area contributed by atoms with Crippen LogP contribution in [0.3, 0.4) is 0 Å². The third kappa shape index (κ3) is 7.12. The zero-order valence-electron chi connectivity index (χ0n) is 21.7. The number of nitrogens with one attached hydrogen (secondary N) is 1. The van der Waals surface area contributed by atoms with Crippen LogP contribution < -0.4 is 15.0 Å². The molecule has 2 unspecified atom stereocenters. The van der Waals surface area contributed by atoms with Gasteiger partial charge in [0.15, 0.2) is 5.06 Å². The lowest BCUT2D eigenvalue weighted by atomic mass is 9.96. The third-order valence-electron chi connectivity index (χ3n) is 6.97. The molecule has 1 N–H and O–H groups in total. The smallest absolute Gasteiger partial charge is 0.399 e. The fourth-order valence-electron chi connectivity index (χ4n) is 5.12. The standard InChI is InChI=1S/C27H35BrN4O4S/c1-18-15-21(32-17-19(16-24(32)33)29-27(35)36-25-12-11-23(28)37-25)9-10-22(18)26(34)31-14-5-4-7-20(31)8-6-13-30(2)3/h9-12,15,19-20H,4-8,13-14,16-17H2,1-3H3,(H,29,35). The van der Waals surface area contributed by atoms with E-state index in [0.717, 1.165) is 53.8 Å². The number of piperidine rings is 1. The minimum Gasteiger partial charge on any atom is -0.399 e. The highest BCUT2D eigenvalue weighted by Gasteiger charge is 2.33. The van der Waals surface area contributed by atoms with Crippen LogP contribution in [0.1, 0.15) is 54.4 Å². The second-order valence-electron chi connectivity index (χ2n) is 10.1. The van der Waals surface area contributed by atoms with Gasteiger partial charge >= 0.3 is 6.09 Å². The fourth-order valence-corrected chi connectivity index (χ4v) is 6.31. The molecule has 0 saturated carbocycles. The number of ether oxygens (including phenoxy) is 1. The molecule has 2 aromatic rings. The number of rotatable bonds is 8. The van der Waals surface area contributed by atoms with Gasteiger partial charge in [0.2, 0.25) is 5.91 Å². The van der Waals surface area contributed by atoms with Crippen LogP contribution in [0.4, 0.5) is 10.5 Å². The molecule has 0 spiro atoms. The van der Waals surface area contributed by atoms with Crippen LogP contribution in [0.15, 0.2) is 34.1 Å². The highest BCUT2D eigenvalue weighted by molar-refractivity contribution is 9.11. The van der Waals surface area contributed by atoms with Crippen LogP contribution in [-0.2, 0) is 4.79 Å². The van der Waals surface area contributed by atoms with Crippen molar-refractivity contribution in [1.82, 2.24) is 15.1 Å². The van der Waals surface area contributed by atoms with E-state index in [0.29, 0.717) is 17.2 Å². The van der Waals surface area contributed by atoms with Crippen molar-refractivity contribution in [3.8, 4) is 5.06 Å². The molecule has 2 aliphatic heterocycles. The van der Waals surface area contributed by atoms with Crippen molar-refractivity contribution in [1.29, 1.82) is 0 Å². The van der Waals surface area contributed by atoms with Crippen LogP contribution >= 0.6 is 27.3 Å². The van der Waals surface area contributed by atoms with Crippen molar-refractivity contribution in [2.45, 2.75) is 57.5 Å². The summed E-state index contributed by atoms with van der Waals surface area (Å²) in [6, 6.07) is 9.04. The number of anilines is 1. The van der Waals surface area contributed by atoms with Crippen molar-refractivity contribution in [3.63, 3.8) is 0 Å². The number of likely N-dealkylation sites (tertiary alicyclic amines) is 1. The maximum atomic E-state index is 13.5. The first-order chi connectivity index (χ1) is 17.7. The number of hydrogen-bond acceptors (Lipinski definition) is 6. The van der Waals surface area contributed by atoms with Gasteiger partial charge in [-0.1, -0.05) is 11.3 Å². The Hall–Kier alpha value is -2.43. The molecule has 2 atom stereocenters. The number of thiophene rings is 1. The Morgan fingerprint density at radius 3 is 2.73 bits per heavy atom. The molecular weight excluding hydrogens is 556 g/mol. The third-order valence-corrected chi connectivity index (χ3v) is 8.47. The predicted molar refractivity (Wildman–Crippen MR) is 150 cm³/mol. The lowest BCUT2D eigenvalue weighted by Crippen LogP contribution is -2.44. The number of halogens is 1. The molecule has 10 heteroatoms. The van der Waals surface area contributed by atoms with E-state index < -0.39 is 6.09 Å². The summed E-state index contributed by atoms with van der Waals surface area (Å²) in [5.41, 5.74) is 2.28. The van der Waals surface area contributed by atoms with E-state index in [4.69, 9.17) is 4.74 Å². The van der Waals surface area contributed by atoms with Gasteiger partial charge < -0.3 is 24.8 Å². The van der Waals surface area contributed by atoms with E-state index >= 15 is 0 Å². The van der Waals surface area contributed by atoms with Gasteiger partial charge in [-0.25, -0.2) is 4.79 Å². The SMILES string of the molecule is Cc1cc(N2CC(NC(=O)Oc3ccc(Br)s3)CC2=O)ccc1C(=O)N1CCCCC1CCCN(C)C. The van der Waals surface area contributed by atoms with Crippen molar-refractivity contribution in [3.05, 3.63) is 45.2 Å². The van der Waals surface area contributed by atoms with Crippen LogP contribution in [0.2, 0.25) is 0 Å². The van der Waals surface area contributed by atoms with Gasteiger partial charge in [0.25, 0.3) is 5.91 Å². The van der Waals surface area contributed by atoms with Crippen molar-refractivity contribution in [2.75, 3.05) is 38.6 Å². The number of hydrogen-bond donors (Lipinski definition) is 1. The van der Waals surface area contributed by atoms with Crippen LogP contribution in [0.5, 0.6) is 5.06 Å². The van der Waals surface area contributed by atoms with Crippen molar-refractivity contribution >= 4 is 50.9 Å². The number of amides is 3. The van der Waals surface area contributed by atoms with Gasteiger partial charge in [0.05, 0.1) is 9.83 Å². The van der Waals surface area contributed by atoms with Gasteiger partial charge in [-0.15, -0.1) is 0 Å². The largest absolute Gasteiger partial charge is 0.413 e. The first-order valence-corrected chi connectivity index (χ1v) is 14.4. The van der Waals surface area contributed by atoms with Gasteiger partial charge in [0, 0.05) is 36.8 Å². The predicted octanol–water partition coefficient (Wildman–Crippen LogP) is 5.05. The van der Waals surface area contributed by atoms with Gasteiger partial charge in [-0.2, -0.15) is 0 Å². The molecule has 37 heavy (non-hydrogen) atoms. The van der Waals surface area contributed by atoms with Gasteiger partial charge in [-0.3, -0.25) is 9.59 Å². The highest BCUT2D eigenvalue weighted by atomic mass is 79.9. The quantitative estimate of drug-likeness (QED) is 0.465. The van der Waals surface area contributed by atoms with Crippen LogP contribution in [0, 0.1) is 6.92 Å². The average Bonchev–Trinajstić information content (AvgIpc) is 3.42. The number of carbonyl (C=O) groups is 3. The van der Waals surface area contributed by atoms with Crippen LogP contribution in [-0.4, -0.2) is 73.5 Å². The Morgan fingerprint density at radius 2 is 2.03 bits per heavy atom. The lowest BCUT2D eigenvalue weighted by Gasteiger charge is -2.36. The topological polar surface area (TPSA) is 82.2 Å². The Morgan fingerprint density at radius 1 is 1.22 bits per heavy atom. The van der Waals surface area contributed by atoms with Crippen molar-refractivity contribution < 1.29 is 19.1 Å². The minimum atomic E-state index is -0.576. The molecule has 3 heterocycles. The Balaban J connectivity index is 1.38. The molecule has 1 aromatic heterocycles. The Bertz CT molecular complexity index is 1140. The number of nitrogens with zero attached hydrogens (tertiary/aromatic N) is 3. The van der Waals surface area contributed by atoms with E-state index in [9.17, 15) is 14.4 Å². The van der Waals surface area contributed by atoms with E-state index in [-0.39, 0.29) is 30.3 Å². The summed E-state index contributed by atoms with van der Waals surface area (Å²) in [7, 11) is 4.15. The molecule has 3 amide bonds. The minimum absolute atomic E-state index is 0.0698. The number of benzene rings is 1. The maximum Gasteiger partial charge on any atom is 0.413 e. The zero-order valence-corrected chi connectivity index (χ0v) is 24.1. The van der Waals surface area contributed by atoms with E-state index in [1.807, 2.05) is 31.2 Å². The molecule has 4 rings (SSSR count). The first-order valence-electron chi connectivity index (χ1n) is 12.8. The molecule has 2 fully saturated rings. The molecule has 2 saturated heterocycles. The highest BCUT2D eigenvalue weighted by Crippen LogP contribution is 2.30. The first kappa shape index (κ1) is 27.6. The summed E-state index contributed by atoms with van der Waals surface area (Å²) < 4.78 is 6.17. The number of carbonyl (C=O) groups excluding carboxylic acids is 3. The van der Waals surface area contributed by atoms with E-state index in [1.54, 1.807) is 11.0 Å². The van der Waals surface area contributed by atoms with E-state index in [2.05, 4.69) is 45.1 Å². The zero-order chi connectivity index (χ0) is 26.5. The van der Waals surface area contributed by atoms with E-state index in [1.165, 1.54) is 17.8 Å². The molecule has 0 aliphatic carbocycles. The molecule has 200 valence electrons. The second kappa shape index (κ2) is 12.4. The maximum absolute atomic E-state index is 13.5. The van der Waals surface area contributed by atoms with Gasteiger partial charge in [-0.05, 0) is 111 Å². The molecule has 8 nitrogen and oxygen atoms in total. The molecule has 0 bridgehead atoms. The molecule has 1 aromatic carbocycles. The summed E-state index contributed by atoms with van der Waals surface area (Å²) in [5, 5.41) is 3.27. The summed E-state index contributed by atoms with van der Waals surface area (Å²) in [6.07, 6.45) is 4.97. The number of aryl methyl sites for hydroxylation is 1. The Labute approximate surface area is 231 Å². The van der Waals surface area contributed by atoms with Crippen molar-refractivity contribution in [2.24, 2.45) is 0 Å². The average molecular weight is 592 g/mol. The second-order valence-corrected chi connectivity index (χ2v) is 12.5. The normalized spacial score (nSPS) is 20.0. The summed E-state index contributed by atoms with van der Waals surface area (Å²) >= 11 is 4.66. The van der Waals surface area contributed by atoms with Crippen LogP contribution in [0.25, 0.3) is 0 Å². The summed E-state index contributed by atoms with van der Waals surface area (Å²) in [4.78, 5) is 44.4. The molecular formula is C27H35BrN4O4S. The molecule has 0 radical (unpaired) electrons. The van der Waals surface area contributed by atoms with Gasteiger partial charge in [0.1, 0.15) is 0 Å².